The van der Waals surface area contributed by atoms with E-state index < -0.39 is 4.84 Å². The Bertz CT molecular complexity index is 200. The first-order valence-electron chi connectivity index (χ1n) is 3.85. The van der Waals surface area contributed by atoms with Crippen LogP contribution in [0, 0.1) is 17.3 Å². The molecule has 0 aromatic carbocycles. The summed E-state index contributed by atoms with van der Waals surface area (Å²) in [5, 5.41) is -0.265. The SMILES string of the molecule is CC1(C)[C@H](C(=O)Cl)[C@@H]1CC(Cl)Cl. The molecule has 0 saturated heterocycles. The normalized spacial score (nSPS) is 32.2. The maximum atomic E-state index is 10.9. The van der Waals surface area contributed by atoms with Gasteiger partial charge in [-0.15, -0.1) is 23.2 Å². The summed E-state index contributed by atoms with van der Waals surface area (Å²) in [5.74, 6) is 0.196. The number of hydrogen-bond donors (Lipinski definition) is 0. The zero-order valence-corrected chi connectivity index (χ0v) is 9.25. The van der Waals surface area contributed by atoms with Crippen LogP contribution in [0.15, 0.2) is 0 Å². The molecule has 0 aliphatic heterocycles. The highest BCUT2D eigenvalue weighted by atomic mass is 35.5. The van der Waals surface area contributed by atoms with Crippen LogP contribution in [-0.2, 0) is 4.79 Å². The van der Waals surface area contributed by atoms with Crippen LogP contribution >= 0.6 is 34.8 Å². The van der Waals surface area contributed by atoms with Crippen LogP contribution in [0.25, 0.3) is 0 Å². The first kappa shape index (κ1) is 10.6. The second kappa shape index (κ2) is 3.36. The fourth-order valence-corrected chi connectivity index (χ4v) is 2.64. The van der Waals surface area contributed by atoms with E-state index in [2.05, 4.69) is 0 Å². The second-order valence-electron chi connectivity index (χ2n) is 3.84. The molecule has 0 aromatic rings. The highest BCUT2D eigenvalue weighted by Gasteiger charge is 2.60. The van der Waals surface area contributed by atoms with E-state index >= 15 is 0 Å². The van der Waals surface area contributed by atoms with Crippen LogP contribution in [0.2, 0.25) is 0 Å². The fraction of sp³-hybridized carbons (Fsp3) is 0.875. The molecule has 1 saturated carbocycles. The van der Waals surface area contributed by atoms with Crippen molar-refractivity contribution >= 4 is 40.0 Å². The molecule has 1 fully saturated rings. The first-order chi connectivity index (χ1) is 5.37. The number of carbonyl (C=O) groups is 1. The molecule has 0 spiro atoms. The third-order valence-corrected chi connectivity index (χ3v) is 3.32. The van der Waals surface area contributed by atoms with E-state index in [1.54, 1.807) is 0 Å². The van der Waals surface area contributed by atoms with Crippen LogP contribution in [0.5, 0.6) is 0 Å². The maximum absolute atomic E-state index is 10.9. The van der Waals surface area contributed by atoms with Crippen LogP contribution in [0.1, 0.15) is 20.3 Å². The minimum absolute atomic E-state index is 0.0130. The average molecular weight is 230 g/mol. The molecule has 0 amide bonds. The number of alkyl halides is 2. The summed E-state index contributed by atoms with van der Waals surface area (Å²) in [6, 6.07) is 0. The molecule has 0 bridgehead atoms. The van der Waals surface area contributed by atoms with Crippen molar-refractivity contribution in [3.63, 3.8) is 0 Å². The van der Waals surface area contributed by atoms with Crippen molar-refractivity contribution in [2.45, 2.75) is 25.1 Å². The highest BCUT2D eigenvalue weighted by Crippen LogP contribution is 2.61. The van der Waals surface area contributed by atoms with Gasteiger partial charge in [0.2, 0.25) is 5.24 Å². The van der Waals surface area contributed by atoms with Crippen molar-refractivity contribution in [2.75, 3.05) is 0 Å². The topological polar surface area (TPSA) is 17.1 Å². The third-order valence-electron chi connectivity index (χ3n) is 2.73. The molecular formula is C8H11Cl3O. The molecular weight excluding hydrogens is 218 g/mol. The predicted molar refractivity (Wildman–Crippen MR) is 51.7 cm³/mol. The lowest BCUT2D eigenvalue weighted by atomic mass is 10.1. The Morgan fingerprint density at radius 2 is 2.00 bits per heavy atom. The fourth-order valence-electron chi connectivity index (χ4n) is 1.83. The highest BCUT2D eigenvalue weighted by molar-refractivity contribution is 6.64. The van der Waals surface area contributed by atoms with Gasteiger partial charge in [-0.05, 0) is 29.4 Å². The van der Waals surface area contributed by atoms with E-state index in [9.17, 15) is 4.79 Å². The van der Waals surface area contributed by atoms with Crippen molar-refractivity contribution in [3.05, 3.63) is 0 Å². The van der Waals surface area contributed by atoms with E-state index in [4.69, 9.17) is 34.8 Å². The summed E-state index contributed by atoms with van der Waals surface area (Å²) in [6.07, 6.45) is 0.652. The van der Waals surface area contributed by atoms with Crippen LogP contribution < -0.4 is 0 Å². The molecule has 0 aromatic heterocycles. The molecule has 12 heavy (non-hydrogen) atoms. The Kier molecular flexibility index (Phi) is 2.97. The Morgan fingerprint density at radius 1 is 1.50 bits per heavy atom. The van der Waals surface area contributed by atoms with Crippen molar-refractivity contribution in [1.82, 2.24) is 0 Å². The molecule has 1 aliphatic rings. The minimum atomic E-state index is -0.393. The summed E-state index contributed by atoms with van der Waals surface area (Å²) in [5.41, 5.74) is -0.0130. The first-order valence-corrected chi connectivity index (χ1v) is 5.10. The predicted octanol–water partition coefficient (Wildman–Crippen LogP) is 3.22. The third kappa shape index (κ3) is 1.89. The molecule has 0 radical (unpaired) electrons. The average Bonchev–Trinajstić information content (AvgIpc) is 2.32. The number of rotatable bonds is 3. The molecule has 0 unspecified atom stereocenters. The number of hydrogen-bond acceptors (Lipinski definition) is 1. The van der Waals surface area contributed by atoms with Crippen molar-refractivity contribution in [3.8, 4) is 0 Å². The smallest absolute Gasteiger partial charge is 0.225 e. The molecule has 4 heteroatoms. The van der Waals surface area contributed by atoms with Gasteiger partial charge in [-0.25, -0.2) is 0 Å². The quantitative estimate of drug-likeness (QED) is 0.536. The van der Waals surface area contributed by atoms with Gasteiger partial charge >= 0.3 is 0 Å². The second-order valence-corrected chi connectivity index (χ2v) is 5.49. The summed E-state index contributed by atoms with van der Waals surface area (Å²) in [6.45, 7) is 4.03. The van der Waals surface area contributed by atoms with Gasteiger partial charge in [-0.3, -0.25) is 4.79 Å². The van der Waals surface area contributed by atoms with E-state index in [-0.39, 0.29) is 22.5 Å². The number of halogens is 3. The van der Waals surface area contributed by atoms with E-state index in [0.29, 0.717) is 6.42 Å². The van der Waals surface area contributed by atoms with Gasteiger partial charge < -0.3 is 0 Å². The zero-order chi connectivity index (χ0) is 9.52. The molecule has 1 aliphatic carbocycles. The Hall–Kier alpha value is 0.540. The Labute approximate surface area is 87.4 Å². The lowest BCUT2D eigenvalue weighted by Gasteiger charge is -2.01. The van der Waals surface area contributed by atoms with Gasteiger partial charge in [0, 0.05) is 5.92 Å². The number of carbonyl (C=O) groups excluding carboxylic acids is 1. The van der Waals surface area contributed by atoms with Crippen molar-refractivity contribution in [1.29, 1.82) is 0 Å². The van der Waals surface area contributed by atoms with Crippen LogP contribution in [0.4, 0.5) is 0 Å². The van der Waals surface area contributed by atoms with Gasteiger partial charge in [-0.1, -0.05) is 13.8 Å². The van der Waals surface area contributed by atoms with E-state index in [0.717, 1.165) is 0 Å². The molecule has 1 rings (SSSR count). The standard InChI is InChI=1S/C8H11Cl3O/c1-8(2)4(3-5(9)10)6(8)7(11)12/h4-6H,3H2,1-2H3/t4-,6-/m0/s1. The van der Waals surface area contributed by atoms with Gasteiger partial charge in [0.15, 0.2) is 0 Å². The minimum Gasteiger partial charge on any atom is -0.281 e. The Morgan fingerprint density at radius 3 is 2.25 bits per heavy atom. The molecule has 70 valence electrons. The molecule has 0 heterocycles. The summed E-state index contributed by atoms with van der Waals surface area (Å²) in [4.78, 5) is 10.5. The van der Waals surface area contributed by atoms with Crippen molar-refractivity contribution < 1.29 is 4.79 Å². The Balaban J connectivity index is 2.54. The maximum Gasteiger partial charge on any atom is 0.225 e. The summed E-state index contributed by atoms with van der Waals surface area (Å²) >= 11 is 16.7. The summed E-state index contributed by atoms with van der Waals surface area (Å²) < 4.78 is 0. The van der Waals surface area contributed by atoms with Gasteiger partial charge in [0.1, 0.15) is 4.84 Å². The molecule has 1 nitrogen and oxygen atoms in total. The lowest BCUT2D eigenvalue weighted by Crippen LogP contribution is -1.96. The lowest BCUT2D eigenvalue weighted by molar-refractivity contribution is -0.113. The van der Waals surface area contributed by atoms with Gasteiger partial charge in [0.05, 0.1) is 0 Å². The summed E-state index contributed by atoms with van der Waals surface area (Å²) in [7, 11) is 0. The largest absolute Gasteiger partial charge is 0.281 e. The van der Waals surface area contributed by atoms with Crippen molar-refractivity contribution in [2.24, 2.45) is 17.3 Å². The molecule has 2 atom stereocenters. The molecule has 0 N–H and O–H groups in total. The van der Waals surface area contributed by atoms with Crippen LogP contribution in [-0.4, -0.2) is 10.1 Å². The van der Waals surface area contributed by atoms with Gasteiger partial charge in [0.25, 0.3) is 0 Å². The van der Waals surface area contributed by atoms with Crippen LogP contribution in [0.3, 0.4) is 0 Å². The van der Waals surface area contributed by atoms with Gasteiger partial charge in [-0.2, -0.15) is 0 Å². The monoisotopic (exact) mass is 228 g/mol. The zero-order valence-electron chi connectivity index (χ0n) is 6.98. The van der Waals surface area contributed by atoms with E-state index in [1.807, 2.05) is 13.8 Å². The van der Waals surface area contributed by atoms with E-state index in [1.165, 1.54) is 0 Å².